The molecule has 0 aliphatic rings. The molecule has 1 amide bonds. The Hall–Kier alpha value is -1.39. The van der Waals surface area contributed by atoms with E-state index in [0.717, 1.165) is 10.0 Å². The van der Waals surface area contributed by atoms with Crippen molar-refractivity contribution in [3.8, 4) is 0 Å². The Kier molecular flexibility index (Phi) is 4.22. The summed E-state index contributed by atoms with van der Waals surface area (Å²) in [5.41, 5.74) is 1.50. The molecule has 0 heterocycles. The van der Waals surface area contributed by atoms with E-state index in [4.69, 9.17) is 11.6 Å². The topological polar surface area (TPSA) is 29.1 Å². The number of benzene rings is 2. The molecular weight excluding hydrogens is 333 g/mol. The third-order valence-electron chi connectivity index (χ3n) is 2.57. The second kappa shape index (κ2) is 5.72. The number of nitrogens with one attached hydrogen (secondary N) is 1. The lowest BCUT2D eigenvalue weighted by molar-refractivity contribution is 0.102. The van der Waals surface area contributed by atoms with E-state index in [0.29, 0.717) is 5.69 Å². The monoisotopic (exact) mass is 341 g/mol. The Morgan fingerprint density at radius 2 is 2.05 bits per heavy atom. The van der Waals surface area contributed by atoms with Crippen molar-refractivity contribution in [1.82, 2.24) is 0 Å². The fourth-order valence-electron chi connectivity index (χ4n) is 1.60. The predicted octanol–water partition coefficient (Wildman–Crippen LogP) is 4.80. The van der Waals surface area contributed by atoms with Gasteiger partial charge in [-0.15, -0.1) is 0 Å². The number of rotatable bonds is 2. The van der Waals surface area contributed by atoms with Gasteiger partial charge in [0.1, 0.15) is 0 Å². The minimum Gasteiger partial charge on any atom is -0.321 e. The van der Waals surface area contributed by atoms with Gasteiger partial charge in [0.05, 0.1) is 16.3 Å². The van der Waals surface area contributed by atoms with Crippen molar-refractivity contribution in [2.24, 2.45) is 0 Å². The second-order valence-corrected chi connectivity index (χ2v) is 5.30. The predicted molar refractivity (Wildman–Crippen MR) is 78.2 cm³/mol. The first-order valence-corrected chi connectivity index (χ1v) is 6.67. The van der Waals surface area contributed by atoms with Gasteiger partial charge >= 0.3 is 0 Å². The van der Waals surface area contributed by atoms with Gasteiger partial charge in [-0.1, -0.05) is 23.7 Å². The van der Waals surface area contributed by atoms with Gasteiger partial charge < -0.3 is 5.32 Å². The number of halogens is 3. The van der Waals surface area contributed by atoms with Crippen molar-refractivity contribution in [2.45, 2.75) is 6.92 Å². The fourth-order valence-corrected chi connectivity index (χ4v) is 2.12. The van der Waals surface area contributed by atoms with Crippen LogP contribution < -0.4 is 5.32 Å². The van der Waals surface area contributed by atoms with Gasteiger partial charge in [-0.3, -0.25) is 4.79 Å². The Morgan fingerprint density at radius 1 is 1.32 bits per heavy atom. The van der Waals surface area contributed by atoms with Gasteiger partial charge in [0, 0.05) is 4.47 Å². The van der Waals surface area contributed by atoms with E-state index in [1.807, 2.05) is 19.1 Å². The minimum absolute atomic E-state index is 0.0732. The van der Waals surface area contributed by atoms with Crippen molar-refractivity contribution >= 4 is 39.1 Å². The quantitative estimate of drug-likeness (QED) is 0.834. The largest absolute Gasteiger partial charge is 0.321 e. The number of hydrogen-bond donors (Lipinski definition) is 1. The first-order chi connectivity index (χ1) is 8.99. The molecule has 1 N–H and O–H groups in total. The summed E-state index contributed by atoms with van der Waals surface area (Å²) in [5, 5.41) is 2.58. The molecule has 0 aliphatic carbocycles. The van der Waals surface area contributed by atoms with Gasteiger partial charge in [0.25, 0.3) is 5.91 Å². The molecule has 0 fully saturated rings. The van der Waals surface area contributed by atoms with Crippen molar-refractivity contribution in [2.75, 3.05) is 5.32 Å². The van der Waals surface area contributed by atoms with Gasteiger partial charge in [0.15, 0.2) is 5.82 Å². The van der Waals surface area contributed by atoms with Crippen molar-refractivity contribution in [1.29, 1.82) is 0 Å². The van der Waals surface area contributed by atoms with Gasteiger partial charge in [0.2, 0.25) is 0 Å². The Balaban J connectivity index is 2.31. The molecular formula is C14H10BrClFNO. The number of aryl methyl sites for hydroxylation is 1. The summed E-state index contributed by atoms with van der Waals surface area (Å²) in [6.45, 7) is 1.90. The molecule has 5 heteroatoms. The molecule has 98 valence electrons. The van der Waals surface area contributed by atoms with Crippen LogP contribution in [0.4, 0.5) is 10.1 Å². The van der Waals surface area contributed by atoms with E-state index in [2.05, 4.69) is 21.2 Å². The van der Waals surface area contributed by atoms with Crippen molar-refractivity contribution in [3.63, 3.8) is 0 Å². The molecule has 2 aromatic carbocycles. The summed E-state index contributed by atoms with van der Waals surface area (Å²) >= 11 is 8.98. The van der Waals surface area contributed by atoms with Crippen LogP contribution >= 0.6 is 27.5 Å². The maximum absolute atomic E-state index is 13.7. The number of hydrogen-bond acceptors (Lipinski definition) is 1. The third kappa shape index (κ3) is 3.14. The van der Waals surface area contributed by atoms with Crippen molar-refractivity contribution < 1.29 is 9.18 Å². The van der Waals surface area contributed by atoms with E-state index in [-0.39, 0.29) is 10.6 Å². The van der Waals surface area contributed by atoms with Crippen LogP contribution in [-0.2, 0) is 0 Å². The SMILES string of the molecule is Cc1ccc(Br)c(NC(=O)c2cccc(Cl)c2F)c1. The molecule has 0 aromatic heterocycles. The summed E-state index contributed by atoms with van der Waals surface area (Å²) in [6, 6.07) is 9.84. The summed E-state index contributed by atoms with van der Waals surface area (Å²) in [4.78, 5) is 12.0. The Morgan fingerprint density at radius 3 is 2.79 bits per heavy atom. The first-order valence-electron chi connectivity index (χ1n) is 5.50. The second-order valence-electron chi connectivity index (χ2n) is 4.04. The number of amides is 1. The highest BCUT2D eigenvalue weighted by molar-refractivity contribution is 9.10. The van der Waals surface area contributed by atoms with Crippen LogP contribution in [-0.4, -0.2) is 5.91 Å². The lowest BCUT2D eigenvalue weighted by Gasteiger charge is -2.09. The maximum Gasteiger partial charge on any atom is 0.258 e. The zero-order valence-corrected chi connectivity index (χ0v) is 12.3. The summed E-state index contributed by atoms with van der Waals surface area (Å²) in [5.74, 6) is -1.25. The molecule has 2 nitrogen and oxygen atoms in total. The molecule has 0 saturated heterocycles. The summed E-state index contributed by atoms with van der Waals surface area (Å²) < 4.78 is 14.5. The normalized spacial score (nSPS) is 10.3. The standard InChI is InChI=1S/C14H10BrClFNO/c1-8-5-6-10(15)12(7-8)18-14(19)9-3-2-4-11(16)13(9)17/h2-7H,1H3,(H,18,19). The van der Waals surface area contributed by atoms with Crippen LogP contribution in [0.15, 0.2) is 40.9 Å². The zero-order chi connectivity index (χ0) is 14.0. The molecule has 2 rings (SSSR count). The molecule has 0 aliphatic heterocycles. The molecule has 2 aromatic rings. The highest BCUT2D eigenvalue weighted by Crippen LogP contribution is 2.25. The molecule has 0 bridgehead atoms. The van der Waals surface area contributed by atoms with Gasteiger partial charge in [-0.25, -0.2) is 4.39 Å². The van der Waals surface area contributed by atoms with Crippen molar-refractivity contribution in [3.05, 3.63) is 62.8 Å². The Labute approximate surface area is 123 Å². The fraction of sp³-hybridized carbons (Fsp3) is 0.0714. The van der Waals surface area contributed by atoms with E-state index in [1.165, 1.54) is 18.2 Å². The van der Waals surface area contributed by atoms with E-state index in [1.54, 1.807) is 6.07 Å². The number of anilines is 1. The van der Waals surface area contributed by atoms with E-state index in [9.17, 15) is 9.18 Å². The molecule has 0 spiro atoms. The summed E-state index contributed by atoms with van der Waals surface area (Å²) in [7, 11) is 0. The van der Waals surface area contributed by atoms with Crippen LogP contribution in [0, 0.1) is 12.7 Å². The van der Waals surface area contributed by atoms with Crippen LogP contribution in [0.5, 0.6) is 0 Å². The van der Waals surface area contributed by atoms with E-state index >= 15 is 0 Å². The highest BCUT2D eigenvalue weighted by atomic mass is 79.9. The molecule has 0 unspecified atom stereocenters. The minimum atomic E-state index is -0.717. The average molecular weight is 343 g/mol. The van der Waals surface area contributed by atoms with Crippen LogP contribution in [0.25, 0.3) is 0 Å². The summed E-state index contributed by atoms with van der Waals surface area (Å²) in [6.07, 6.45) is 0. The van der Waals surface area contributed by atoms with E-state index < -0.39 is 11.7 Å². The molecule has 0 atom stereocenters. The maximum atomic E-state index is 13.7. The van der Waals surface area contributed by atoms with Gasteiger partial charge in [-0.05, 0) is 52.7 Å². The highest BCUT2D eigenvalue weighted by Gasteiger charge is 2.15. The number of carbonyl (C=O) groups is 1. The number of carbonyl (C=O) groups excluding carboxylic acids is 1. The molecule has 19 heavy (non-hydrogen) atoms. The smallest absolute Gasteiger partial charge is 0.258 e. The first kappa shape index (κ1) is 14.0. The van der Waals surface area contributed by atoms with Crippen LogP contribution in [0.1, 0.15) is 15.9 Å². The average Bonchev–Trinajstić information content (AvgIpc) is 2.37. The Bertz CT molecular complexity index is 645. The van der Waals surface area contributed by atoms with Crippen LogP contribution in [0.2, 0.25) is 5.02 Å². The van der Waals surface area contributed by atoms with Gasteiger partial charge in [-0.2, -0.15) is 0 Å². The lowest BCUT2D eigenvalue weighted by Crippen LogP contribution is -2.14. The molecule has 0 radical (unpaired) electrons. The zero-order valence-electron chi connectivity index (χ0n) is 10.0. The lowest BCUT2D eigenvalue weighted by atomic mass is 10.1. The van der Waals surface area contributed by atoms with Crippen LogP contribution in [0.3, 0.4) is 0 Å². The molecule has 0 saturated carbocycles. The third-order valence-corrected chi connectivity index (χ3v) is 3.55.